The number of rotatable bonds is 12. The second-order valence-corrected chi connectivity index (χ2v) is 14.9. The zero-order valence-electron chi connectivity index (χ0n) is 20.3. The average molecular weight is 589 g/mol. The van der Waals surface area contributed by atoms with E-state index in [4.69, 9.17) is 4.74 Å². The summed E-state index contributed by atoms with van der Waals surface area (Å²) in [4.78, 5) is 24.7. The Labute approximate surface area is 215 Å². The maximum absolute atomic E-state index is 12.8. The van der Waals surface area contributed by atoms with E-state index in [9.17, 15) is 9.59 Å². The first kappa shape index (κ1) is 27.6. The minimum atomic E-state index is -0.293. The molecule has 0 aliphatic carbocycles. The molecule has 0 aliphatic rings. The number of halogens is 1. The third-order valence-electron chi connectivity index (χ3n) is 6.02. The summed E-state index contributed by atoms with van der Waals surface area (Å²) in [5, 5.41) is 1.37. The zero-order chi connectivity index (χ0) is 23.9. The third-order valence-corrected chi connectivity index (χ3v) is 8.62. The second-order valence-electron chi connectivity index (χ2n) is 9.82. The van der Waals surface area contributed by atoms with Crippen molar-refractivity contribution in [2.75, 3.05) is 12.4 Å². The van der Waals surface area contributed by atoms with Gasteiger partial charge in [0.25, 0.3) is 0 Å². The number of hydrogen-bond donors (Lipinski definition) is 0. The van der Waals surface area contributed by atoms with E-state index in [1.165, 1.54) is 23.1 Å². The number of carbonyl (C=O) groups is 1. The minimum Gasteiger partial charge on any atom is -0.493 e. The summed E-state index contributed by atoms with van der Waals surface area (Å²) in [7, 11) is 0. The lowest BCUT2D eigenvalue weighted by Crippen LogP contribution is -2.33. The maximum atomic E-state index is 12.8. The molecular weight excluding hydrogens is 551 g/mol. The van der Waals surface area contributed by atoms with Gasteiger partial charge in [-0.25, -0.2) is 0 Å². The largest absolute Gasteiger partial charge is 0.493 e. The first-order chi connectivity index (χ1) is 14.9. The van der Waals surface area contributed by atoms with Crippen molar-refractivity contribution < 1.29 is 9.53 Å². The van der Waals surface area contributed by atoms with Crippen molar-refractivity contribution in [1.82, 2.24) is 0 Å². The van der Waals surface area contributed by atoms with Crippen molar-refractivity contribution in [2.45, 2.75) is 77.1 Å². The molecule has 0 amide bonds. The second kappa shape index (κ2) is 12.2. The van der Waals surface area contributed by atoms with Crippen LogP contribution >= 0.6 is 45.7 Å². The smallest absolute Gasteiger partial charge is 0.236 e. The molecule has 0 aliphatic heterocycles. The average Bonchev–Trinajstić information content (AvgIpc) is 2.68. The first-order valence-electron chi connectivity index (χ1n) is 11.4. The van der Waals surface area contributed by atoms with Crippen molar-refractivity contribution in [3.8, 4) is 5.75 Å². The molecule has 1 aromatic heterocycles. The van der Waals surface area contributed by atoms with Gasteiger partial charge in [-0.2, -0.15) is 0 Å². The summed E-state index contributed by atoms with van der Waals surface area (Å²) in [5.74, 6) is 1.95. The van der Waals surface area contributed by atoms with Crippen LogP contribution in [0.15, 0.2) is 29.1 Å². The van der Waals surface area contributed by atoms with Gasteiger partial charge in [-0.05, 0) is 43.7 Å². The number of hydrogen-bond acceptors (Lipinski definition) is 5. The molecule has 1 unspecified atom stereocenters. The zero-order valence-corrected chi connectivity index (χ0v) is 24.0. The molecule has 6 heteroatoms. The maximum Gasteiger partial charge on any atom is 0.236 e. The Morgan fingerprint density at radius 3 is 2.53 bits per heavy atom. The van der Waals surface area contributed by atoms with E-state index in [0.29, 0.717) is 23.4 Å². The summed E-state index contributed by atoms with van der Waals surface area (Å²) in [6.07, 6.45) is 5.18. The van der Waals surface area contributed by atoms with Crippen molar-refractivity contribution in [2.24, 2.45) is 11.3 Å². The SMILES string of the molecule is Cc1cccc2sc(=O)cc(OCCCCCCSC(=O)C(C)(C)C(C)CC(C)(C)I)c12. The van der Waals surface area contributed by atoms with Crippen molar-refractivity contribution >= 4 is 60.9 Å². The number of fused-ring (bicyclic) bond motifs is 1. The Morgan fingerprint density at radius 1 is 1.16 bits per heavy atom. The minimum absolute atomic E-state index is 0.0269. The van der Waals surface area contributed by atoms with E-state index in [-0.39, 0.29) is 13.6 Å². The number of carbonyl (C=O) groups excluding carboxylic acids is 1. The molecule has 3 nitrogen and oxygen atoms in total. The van der Waals surface area contributed by atoms with Crippen LogP contribution < -0.4 is 9.48 Å². The van der Waals surface area contributed by atoms with Crippen LogP contribution in [0.3, 0.4) is 0 Å². The van der Waals surface area contributed by atoms with E-state index >= 15 is 0 Å². The lowest BCUT2D eigenvalue weighted by Gasteiger charge is -2.33. The lowest BCUT2D eigenvalue weighted by molar-refractivity contribution is -0.120. The molecule has 1 heterocycles. The summed E-state index contributed by atoms with van der Waals surface area (Å²) in [5.41, 5.74) is 0.841. The number of thioether (sulfide) groups is 1. The molecule has 0 saturated heterocycles. The predicted molar refractivity (Wildman–Crippen MR) is 150 cm³/mol. The van der Waals surface area contributed by atoms with Gasteiger partial charge in [-0.1, -0.05) is 105 Å². The van der Waals surface area contributed by atoms with Crippen LogP contribution in [-0.2, 0) is 4.79 Å². The number of aryl methyl sites for hydroxylation is 1. The molecule has 0 bridgehead atoms. The molecular formula is C26H37IO3S2. The summed E-state index contributed by atoms with van der Waals surface area (Å²) in [6, 6.07) is 7.62. The Balaban J connectivity index is 1.70. The monoisotopic (exact) mass is 588 g/mol. The molecule has 2 rings (SSSR count). The highest BCUT2D eigenvalue weighted by molar-refractivity contribution is 14.1. The van der Waals surface area contributed by atoms with Gasteiger partial charge in [-0.15, -0.1) is 0 Å². The number of ether oxygens (including phenoxy) is 1. The van der Waals surface area contributed by atoms with Gasteiger partial charge in [0.05, 0.1) is 6.61 Å². The molecule has 32 heavy (non-hydrogen) atoms. The van der Waals surface area contributed by atoms with Gasteiger partial charge < -0.3 is 4.74 Å². The fraction of sp³-hybridized carbons (Fsp3) is 0.615. The highest BCUT2D eigenvalue weighted by atomic mass is 127. The van der Waals surface area contributed by atoms with E-state index in [1.807, 2.05) is 12.1 Å². The fourth-order valence-corrected chi connectivity index (χ4v) is 6.41. The Bertz CT molecular complexity index is 960. The normalized spacial score (nSPS) is 13.3. The Hall–Kier alpha value is -0.600. The quantitative estimate of drug-likeness (QED) is 0.143. The summed E-state index contributed by atoms with van der Waals surface area (Å²) in [6.45, 7) is 13.5. The van der Waals surface area contributed by atoms with Crippen LogP contribution in [0.1, 0.15) is 72.3 Å². The highest BCUT2D eigenvalue weighted by Gasteiger charge is 2.36. The molecule has 178 valence electrons. The number of unbranched alkanes of at least 4 members (excludes halogenated alkanes) is 3. The molecule has 1 atom stereocenters. The molecule has 1 aromatic carbocycles. The molecule has 0 radical (unpaired) electrons. The van der Waals surface area contributed by atoms with Crippen LogP contribution in [-0.4, -0.2) is 20.9 Å². The van der Waals surface area contributed by atoms with Gasteiger partial charge >= 0.3 is 0 Å². The summed E-state index contributed by atoms with van der Waals surface area (Å²) < 4.78 is 7.20. The third kappa shape index (κ3) is 8.32. The van der Waals surface area contributed by atoms with Crippen LogP contribution in [0.2, 0.25) is 0 Å². The van der Waals surface area contributed by atoms with E-state index < -0.39 is 0 Å². The van der Waals surface area contributed by atoms with E-state index in [1.54, 1.807) is 6.07 Å². The molecule has 0 saturated carbocycles. The Morgan fingerprint density at radius 2 is 1.84 bits per heavy atom. The van der Waals surface area contributed by atoms with Gasteiger partial charge in [0, 0.05) is 30.7 Å². The molecule has 0 N–H and O–H groups in total. The van der Waals surface area contributed by atoms with Gasteiger partial charge in [0.1, 0.15) is 5.75 Å². The standard InChI is InChI=1S/C26H37IO3S2/c1-18-12-11-13-21-23(18)20(16-22(28)32-21)30-14-9-7-8-10-15-31-24(29)26(5,6)19(2)17-25(3,4)27/h11-13,16,19H,7-10,14-15,17H2,1-6H3. The van der Waals surface area contributed by atoms with Crippen molar-refractivity contribution in [3.63, 3.8) is 0 Å². The van der Waals surface area contributed by atoms with Crippen LogP contribution in [0.5, 0.6) is 5.75 Å². The molecule has 0 spiro atoms. The van der Waals surface area contributed by atoms with Gasteiger partial charge in [0.2, 0.25) is 4.74 Å². The first-order valence-corrected chi connectivity index (χ1v) is 14.3. The Kier molecular flexibility index (Phi) is 10.5. The fourth-order valence-electron chi connectivity index (χ4n) is 3.75. The summed E-state index contributed by atoms with van der Waals surface area (Å²) >= 11 is 5.24. The van der Waals surface area contributed by atoms with Gasteiger partial charge in [-0.3, -0.25) is 9.59 Å². The van der Waals surface area contributed by atoms with Crippen molar-refractivity contribution in [3.05, 3.63) is 39.4 Å². The van der Waals surface area contributed by atoms with Crippen molar-refractivity contribution in [1.29, 1.82) is 0 Å². The lowest BCUT2D eigenvalue weighted by atomic mass is 9.77. The van der Waals surface area contributed by atoms with Crippen LogP contribution in [0.4, 0.5) is 0 Å². The predicted octanol–water partition coefficient (Wildman–Crippen LogP) is 8.03. The topological polar surface area (TPSA) is 43.4 Å². The van der Waals surface area contributed by atoms with Crippen LogP contribution in [0.25, 0.3) is 10.1 Å². The highest BCUT2D eigenvalue weighted by Crippen LogP contribution is 2.39. The molecule has 2 aromatic rings. The van der Waals surface area contributed by atoms with Crippen LogP contribution in [0, 0.1) is 18.3 Å². The van der Waals surface area contributed by atoms with Gasteiger partial charge in [0.15, 0.2) is 5.12 Å². The molecule has 0 fully saturated rings. The van der Waals surface area contributed by atoms with E-state index in [2.05, 4.69) is 70.2 Å². The number of benzene rings is 1. The van der Waals surface area contributed by atoms with E-state index in [0.717, 1.165) is 53.5 Å². The number of alkyl halides is 1.